The summed E-state index contributed by atoms with van der Waals surface area (Å²) >= 11 is 10.2. The summed E-state index contributed by atoms with van der Waals surface area (Å²) in [4.78, 5) is 15.2. The van der Waals surface area contributed by atoms with Crippen molar-refractivity contribution in [2.75, 3.05) is 12.0 Å². The predicted molar refractivity (Wildman–Crippen MR) is 151 cm³/mol. The van der Waals surface area contributed by atoms with E-state index in [1.54, 1.807) is 12.0 Å². The van der Waals surface area contributed by atoms with Gasteiger partial charge in [-0.3, -0.25) is 9.69 Å². The Balaban J connectivity index is 1.36. The number of thiocarbonyl (C=S) groups is 1. The molecule has 4 nitrogen and oxygen atoms in total. The molecule has 1 aliphatic rings. The summed E-state index contributed by atoms with van der Waals surface area (Å²) in [5.74, 6) is 1.10. The number of halogens is 1. The number of amides is 1. The van der Waals surface area contributed by atoms with Crippen molar-refractivity contribution in [1.82, 2.24) is 0 Å². The monoisotopic (exact) mass is 561 g/mol. The average molecular weight is 563 g/mol. The number of thioether (sulfide) groups is 1. The highest BCUT2D eigenvalue weighted by molar-refractivity contribution is 9.10. The molecule has 0 aliphatic carbocycles. The molecule has 1 aliphatic heterocycles. The van der Waals surface area contributed by atoms with E-state index in [1.165, 1.54) is 22.5 Å². The van der Waals surface area contributed by atoms with E-state index < -0.39 is 0 Å². The first kappa shape index (κ1) is 23.6. The van der Waals surface area contributed by atoms with Crippen LogP contribution >= 0.6 is 39.9 Å². The number of benzene rings is 4. The molecule has 1 saturated heterocycles. The molecule has 0 bridgehead atoms. The van der Waals surface area contributed by atoms with Crippen LogP contribution in [0.4, 0.5) is 5.69 Å². The fourth-order valence-corrected chi connectivity index (χ4v) is 5.46. The third-order valence-electron chi connectivity index (χ3n) is 5.63. The summed E-state index contributed by atoms with van der Waals surface area (Å²) in [5, 5.41) is 2.34. The summed E-state index contributed by atoms with van der Waals surface area (Å²) in [6.45, 7) is 0.420. The van der Waals surface area contributed by atoms with Gasteiger partial charge < -0.3 is 9.47 Å². The van der Waals surface area contributed by atoms with Crippen LogP contribution in [-0.2, 0) is 11.4 Å². The van der Waals surface area contributed by atoms with E-state index in [-0.39, 0.29) is 5.91 Å². The Morgan fingerprint density at radius 1 is 0.971 bits per heavy atom. The zero-order valence-corrected chi connectivity index (χ0v) is 22.0. The van der Waals surface area contributed by atoms with Crippen molar-refractivity contribution < 1.29 is 14.3 Å². The Morgan fingerprint density at radius 3 is 2.54 bits per heavy atom. The maximum absolute atomic E-state index is 13.1. The van der Waals surface area contributed by atoms with Crippen LogP contribution in [-0.4, -0.2) is 17.3 Å². The van der Waals surface area contributed by atoms with Gasteiger partial charge in [-0.05, 0) is 64.4 Å². The van der Waals surface area contributed by atoms with Crippen molar-refractivity contribution in [3.05, 3.63) is 105 Å². The first-order chi connectivity index (χ1) is 17.0. The highest BCUT2D eigenvalue weighted by Crippen LogP contribution is 2.37. The van der Waals surface area contributed by atoms with E-state index in [2.05, 4.69) is 40.2 Å². The van der Waals surface area contributed by atoms with E-state index in [1.807, 2.05) is 66.7 Å². The lowest BCUT2D eigenvalue weighted by Gasteiger charge is -2.14. The van der Waals surface area contributed by atoms with Gasteiger partial charge in [0.25, 0.3) is 5.91 Å². The van der Waals surface area contributed by atoms with Gasteiger partial charge in [0, 0.05) is 4.47 Å². The highest BCUT2D eigenvalue weighted by atomic mass is 79.9. The number of fused-ring (bicyclic) bond motifs is 1. The Morgan fingerprint density at radius 2 is 1.74 bits per heavy atom. The molecule has 0 spiro atoms. The molecule has 0 radical (unpaired) electrons. The van der Waals surface area contributed by atoms with Gasteiger partial charge in [0.1, 0.15) is 6.61 Å². The number of carbonyl (C=O) groups excluding carboxylic acids is 1. The third-order valence-corrected chi connectivity index (χ3v) is 7.46. The van der Waals surface area contributed by atoms with E-state index in [9.17, 15) is 4.79 Å². The molecule has 35 heavy (non-hydrogen) atoms. The van der Waals surface area contributed by atoms with Gasteiger partial charge in [-0.15, -0.1) is 0 Å². The minimum Gasteiger partial charge on any atom is -0.493 e. The number of anilines is 1. The quantitative estimate of drug-likeness (QED) is 0.179. The Bertz CT molecular complexity index is 1460. The molecule has 0 unspecified atom stereocenters. The average Bonchev–Trinajstić information content (AvgIpc) is 3.16. The summed E-state index contributed by atoms with van der Waals surface area (Å²) in [6.07, 6.45) is 1.83. The van der Waals surface area contributed by atoms with Crippen molar-refractivity contribution in [3.8, 4) is 11.5 Å². The predicted octanol–water partition coefficient (Wildman–Crippen LogP) is 7.60. The van der Waals surface area contributed by atoms with Crippen molar-refractivity contribution in [1.29, 1.82) is 0 Å². The van der Waals surface area contributed by atoms with E-state index in [4.69, 9.17) is 21.7 Å². The molecule has 7 heteroatoms. The van der Waals surface area contributed by atoms with Crippen LogP contribution < -0.4 is 14.4 Å². The maximum atomic E-state index is 13.1. The van der Waals surface area contributed by atoms with Gasteiger partial charge in [0.2, 0.25) is 0 Å². The largest absolute Gasteiger partial charge is 0.493 e. The van der Waals surface area contributed by atoms with Gasteiger partial charge >= 0.3 is 0 Å². The first-order valence-electron chi connectivity index (χ1n) is 10.8. The van der Waals surface area contributed by atoms with Crippen LogP contribution in [0.5, 0.6) is 11.5 Å². The highest BCUT2D eigenvalue weighted by Gasteiger charge is 2.33. The van der Waals surface area contributed by atoms with Gasteiger partial charge in [0.15, 0.2) is 15.8 Å². The summed E-state index contributed by atoms with van der Waals surface area (Å²) < 4.78 is 13.2. The number of hydrogen-bond acceptors (Lipinski definition) is 5. The molecule has 5 rings (SSSR count). The summed E-state index contributed by atoms with van der Waals surface area (Å²) in [7, 11) is 1.61. The molecule has 1 heterocycles. The zero-order valence-electron chi connectivity index (χ0n) is 18.7. The third kappa shape index (κ3) is 4.98. The first-order valence-corrected chi connectivity index (χ1v) is 12.9. The summed E-state index contributed by atoms with van der Waals surface area (Å²) in [6, 6.07) is 27.6. The molecule has 0 N–H and O–H groups in total. The molecule has 1 amide bonds. The van der Waals surface area contributed by atoms with E-state index >= 15 is 0 Å². The molecule has 4 aromatic carbocycles. The van der Waals surface area contributed by atoms with Crippen molar-refractivity contribution in [3.63, 3.8) is 0 Å². The number of hydrogen-bond donors (Lipinski definition) is 0. The Labute approximate surface area is 221 Å². The van der Waals surface area contributed by atoms with Crippen LogP contribution in [0.3, 0.4) is 0 Å². The van der Waals surface area contributed by atoms with Gasteiger partial charge in [0.05, 0.1) is 17.7 Å². The molecule has 1 fully saturated rings. The van der Waals surface area contributed by atoms with E-state index in [0.29, 0.717) is 27.3 Å². The van der Waals surface area contributed by atoms with Crippen LogP contribution in [0.25, 0.3) is 16.8 Å². The van der Waals surface area contributed by atoms with Crippen LogP contribution in [0.1, 0.15) is 11.1 Å². The minimum absolute atomic E-state index is 0.141. The number of ether oxygens (including phenoxy) is 2. The van der Waals surface area contributed by atoms with E-state index in [0.717, 1.165) is 21.3 Å². The van der Waals surface area contributed by atoms with Gasteiger partial charge in [-0.1, -0.05) is 88.4 Å². The zero-order chi connectivity index (χ0) is 24.4. The number of methoxy groups -OCH3 is 1. The van der Waals surface area contributed by atoms with Crippen molar-refractivity contribution in [2.45, 2.75) is 6.61 Å². The number of nitrogens with zero attached hydrogens (tertiary/aromatic N) is 1. The van der Waals surface area contributed by atoms with Crippen LogP contribution in [0.2, 0.25) is 0 Å². The van der Waals surface area contributed by atoms with Crippen LogP contribution in [0, 0.1) is 0 Å². The van der Waals surface area contributed by atoms with Crippen LogP contribution in [0.15, 0.2) is 94.3 Å². The second kappa shape index (κ2) is 10.2. The molecular formula is C28H20BrNO3S2. The van der Waals surface area contributed by atoms with Crippen molar-refractivity contribution in [2.24, 2.45) is 0 Å². The normalized spacial score (nSPS) is 14.7. The van der Waals surface area contributed by atoms with Gasteiger partial charge in [-0.2, -0.15) is 0 Å². The lowest BCUT2D eigenvalue weighted by molar-refractivity contribution is -0.113. The number of carbonyl (C=O) groups is 1. The van der Waals surface area contributed by atoms with Gasteiger partial charge in [-0.25, -0.2) is 0 Å². The standard InChI is InChI=1S/C28H20BrNO3S2/c1-32-25-15-18(16-26-27(31)30(28(34)35-26)22-12-10-21(29)11-13-22)9-14-24(25)33-17-20-7-4-6-19-5-2-3-8-23(19)20/h2-16H,17H2,1H3/b26-16+. The second-order valence-corrected chi connectivity index (χ2v) is 10.4. The molecule has 174 valence electrons. The Hall–Kier alpha value is -3.13. The molecular weight excluding hydrogens is 542 g/mol. The molecule has 0 saturated carbocycles. The van der Waals surface area contributed by atoms with Crippen molar-refractivity contribution >= 4 is 72.7 Å². The fraction of sp³-hybridized carbons (Fsp3) is 0.0714. The smallest absolute Gasteiger partial charge is 0.270 e. The topological polar surface area (TPSA) is 38.8 Å². The molecule has 0 atom stereocenters. The Kier molecular flexibility index (Phi) is 6.90. The SMILES string of the molecule is COc1cc(/C=C2/SC(=S)N(c3ccc(Br)cc3)C2=O)ccc1OCc1cccc2ccccc12. The summed E-state index contributed by atoms with van der Waals surface area (Å²) in [5.41, 5.74) is 2.68. The lowest BCUT2D eigenvalue weighted by atomic mass is 10.1. The molecule has 0 aromatic heterocycles. The minimum atomic E-state index is -0.141. The fourth-order valence-electron chi connectivity index (χ4n) is 3.90. The molecule has 4 aromatic rings. The number of rotatable bonds is 6. The maximum Gasteiger partial charge on any atom is 0.270 e. The second-order valence-electron chi connectivity index (χ2n) is 7.83. The lowest BCUT2D eigenvalue weighted by Crippen LogP contribution is -2.27.